The second-order valence-electron chi connectivity index (χ2n) is 5.84. The monoisotopic (exact) mass is 325 g/mol. The molecule has 0 spiro atoms. The lowest BCUT2D eigenvalue weighted by Crippen LogP contribution is -2.25. The van der Waals surface area contributed by atoms with Crippen LogP contribution in [0.1, 0.15) is 36.2 Å². The molecule has 0 bridgehead atoms. The Bertz CT molecular complexity index is 603. The SMILES string of the molecule is CCN(CC)CCCOc1ccc(C(=O)Cc2ccccc2)cc1. The predicted molar refractivity (Wildman–Crippen MR) is 98.8 cm³/mol. The van der Waals surface area contributed by atoms with Crippen LogP contribution in [0.15, 0.2) is 54.6 Å². The van der Waals surface area contributed by atoms with E-state index in [2.05, 4.69) is 18.7 Å². The van der Waals surface area contributed by atoms with E-state index in [0.717, 1.165) is 42.9 Å². The first-order valence-corrected chi connectivity index (χ1v) is 8.75. The summed E-state index contributed by atoms with van der Waals surface area (Å²) < 4.78 is 5.76. The minimum absolute atomic E-state index is 0.134. The average molecular weight is 325 g/mol. The molecular weight excluding hydrogens is 298 g/mol. The van der Waals surface area contributed by atoms with Crippen LogP contribution in [0.4, 0.5) is 0 Å². The number of Topliss-reactive ketones (excluding diaryl/α,β-unsaturated/α-hetero) is 1. The van der Waals surface area contributed by atoms with E-state index in [1.165, 1.54) is 0 Å². The highest BCUT2D eigenvalue weighted by Gasteiger charge is 2.07. The molecule has 0 fully saturated rings. The largest absolute Gasteiger partial charge is 0.494 e. The molecule has 0 aliphatic rings. The zero-order valence-corrected chi connectivity index (χ0v) is 14.7. The summed E-state index contributed by atoms with van der Waals surface area (Å²) in [5.74, 6) is 0.958. The predicted octanol–water partition coefficient (Wildman–Crippen LogP) is 4.22. The van der Waals surface area contributed by atoms with Gasteiger partial charge in [-0.25, -0.2) is 0 Å². The van der Waals surface area contributed by atoms with Crippen LogP contribution in [0.3, 0.4) is 0 Å². The number of carbonyl (C=O) groups excluding carboxylic acids is 1. The van der Waals surface area contributed by atoms with Crippen LogP contribution >= 0.6 is 0 Å². The van der Waals surface area contributed by atoms with Gasteiger partial charge in [-0.1, -0.05) is 44.2 Å². The van der Waals surface area contributed by atoms with Crippen molar-refractivity contribution in [3.8, 4) is 5.75 Å². The van der Waals surface area contributed by atoms with E-state index in [-0.39, 0.29) is 5.78 Å². The van der Waals surface area contributed by atoms with Crippen molar-refractivity contribution >= 4 is 5.78 Å². The number of benzene rings is 2. The summed E-state index contributed by atoms with van der Waals surface area (Å²) in [4.78, 5) is 14.7. The fraction of sp³-hybridized carbons (Fsp3) is 0.381. The number of hydrogen-bond acceptors (Lipinski definition) is 3. The quantitative estimate of drug-likeness (QED) is 0.484. The van der Waals surface area contributed by atoms with Gasteiger partial charge in [-0.3, -0.25) is 4.79 Å². The van der Waals surface area contributed by atoms with Gasteiger partial charge in [0, 0.05) is 18.5 Å². The van der Waals surface area contributed by atoms with Crippen LogP contribution < -0.4 is 4.74 Å². The third-order valence-electron chi connectivity index (χ3n) is 4.17. The summed E-state index contributed by atoms with van der Waals surface area (Å²) in [6.07, 6.45) is 1.45. The molecular formula is C21H27NO2. The Morgan fingerprint density at radius 3 is 2.25 bits per heavy atom. The van der Waals surface area contributed by atoms with Gasteiger partial charge in [-0.2, -0.15) is 0 Å². The Morgan fingerprint density at radius 1 is 0.958 bits per heavy atom. The van der Waals surface area contributed by atoms with Gasteiger partial charge < -0.3 is 9.64 Å². The Morgan fingerprint density at radius 2 is 1.62 bits per heavy atom. The van der Waals surface area contributed by atoms with Gasteiger partial charge in [-0.05, 0) is 49.3 Å². The van der Waals surface area contributed by atoms with E-state index in [0.29, 0.717) is 13.0 Å². The van der Waals surface area contributed by atoms with Crippen LogP contribution in [0.25, 0.3) is 0 Å². The number of ketones is 1. The Hall–Kier alpha value is -2.13. The molecule has 0 saturated carbocycles. The highest BCUT2D eigenvalue weighted by Crippen LogP contribution is 2.14. The molecule has 2 aromatic carbocycles. The fourth-order valence-corrected chi connectivity index (χ4v) is 2.64. The second-order valence-corrected chi connectivity index (χ2v) is 5.84. The second kappa shape index (κ2) is 9.89. The first-order chi connectivity index (χ1) is 11.7. The molecule has 0 atom stereocenters. The zero-order chi connectivity index (χ0) is 17.2. The average Bonchev–Trinajstić information content (AvgIpc) is 2.63. The molecule has 2 rings (SSSR count). The maximum absolute atomic E-state index is 12.3. The van der Waals surface area contributed by atoms with Gasteiger partial charge in [-0.15, -0.1) is 0 Å². The van der Waals surface area contributed by atoms with Crippen LogP contribution in [0.2, 0.25) is 0 Å². The van der Waals surface area contributed by atoms with Crippen molar-refractivity contribution in [2.24, 2.45) is 0 Å². The fourth-order valence-electron chi connectivity index (χ4n) is 2.64. The van der Waals surface area contributed by atoms with Crippen LogP contribution in [-0.4, -0.2) is 36.9 Å². The van der Waals surface area contributed by atoms with Gasteiger partial charge in [0.2, 0.25) is 0 Å². The molecule has 0 aliphatic heterocycles. The summed E-state index contributed by atoms with van der Waals surface area (Å²) in [5.41, 5.74) is 1.77. The highest BCUT2D eigenvalue weighted by molar-refractivity contribution is 5.97. The Balaban J connectivity index is 1.79. The molecule has 3 heteroatoms. The number of carbonyl (C=O) groups is 1. The number of nitrogens with zero attached hydrogens (tertiary/aromatic N) is 1. The lowest BCUT2D eigenvalue weighted by Gasteiger charge is -2.17. The van der Waals surface area contributed by atoms with Crippen molar-refractivity contribution in [2.75, 3.05) is 26.2 Å². The maximum atomic E-state index is 12.3. The van der Waals surface area contributed by atoms with E-state index in [1.807, 2.05) is 54.6 Å². The molecule has 0 heterocycles. The smallest absolute Gasteiger partial charge is 0.167 e. The maximum Gasteiger partial charge on any atom is 0.167 e. The molecule has 2 aromatic rings. The van der Waals surface area contributed by atoms with E-state index in [1.54, 1.807) is 0 Å². The molecule has 0 amide bonds. The first-order valence-electron chi connectivity index (χ1n) is 8.75. The third-order valence-corrected chi connectivity index (χ3v) is 4.17. The number of ether oxygens (including phenoxy) is 1. The van der Waals surface area contributed by atoms with Crippen LogP contribution in [-0.2, 0) is 6.42 Å². The summed E-state index contributed by atoms with van der Waals surface area (Å²) >= 11 is 0. The molecule has 24 heavy (non-hydrogen) atoms. The summed E-state index contributed by atoms with van der Waals surface area (Å²) in [6.45, 7) is 8.27. The van der Waals surface area contributed by atoms with Gasteiger partial charge in [0.05, 0.1) is 6.61 Å². The molecule has 0 aliphatic carbocycles. The van der Waals surface area contributed by atoms with Crippen molar-refractivity contribution in [2.45, 2.75) is 26.7 Å². The van der Waals surface area contributed by atoms with Gasteiger partial charge >= 0.3 is 0 Å². The zero-order valence-electron chi connectivity index (χ0n) is 14.7. The Kier molecular flexibility index (Phi) is 7.50. The van der Waals surface area contributed by atoms with Crippen molar-refractivity contribution in [3.63, 3.8) is 0 Å². The molecule has 0 N–H and O–H groups in total. The van der Waals surface area contributed by atoms with Crippen molar-refractivity contribution in [1.29, 1.82) is 0 Å². The first kappa shape index (κ1) is 18.2. The van der Waals surface area contributed by atoms with E-state index < -0.39 is 0 Å². The minimum atomic E-state index is 0.134. The minimum Gasteiger partial charge on any atom is -0.494 e. The van der Waals surface area contributed by atoms with Gasteiger partial charge in [0.15, 0.2) is 5.78 Å². The number of rotatable bonds is 10. The van der Waals surface area contributed by atoms with Crippen LogP contribution in [0.5, 0.6) is 5.75 Å². The topological polar surface area (TPSA) is 29.5 Å². The van der Waals surface area contributed by atoms with E-state index >= 15 is 0 Å². The van der Waals surface area contributed by atoms with Crippen LogP contribution in [0, 0.1) is 0 Å². The lowest BCUT2D eigenvalue weighted by atomic mass is 10.0. The standard InChI is InChI=1S/C21H27NO2/c1-3-22(4-2)15-8-16-24-20-13-11-19(12-14-20)21(23)17-18-9-6-5-7-10-18/h5-7,9-14H,3-4,8,15-17H2,1-2H3. The van der Waals surface area contributed by atoms with Crippen molar-refractivity contribution < 1.29 is 9.53 Å². The highest BCUT2D eigenvalue weighted by atomic mass is 16.5. The summed E-state index contributed by atoms with van der Waals surface area (Å²) in [6, 6.07) is 17.3. The summed E-state index contributed by atoms with van der Waals surface area (Å²) in [5, 5.41) is 0. The molecule has 0 saturated heterocycles. The van der Waals surface area contributed by atoms with E-state index in [4.69, 9.17) is 4.74 Å². The lowest BCUT2D eigenvalue weighted by molar-refractivity contribution is 0.0993. The normalized spacial score (nSPS) is 10.8. The van der Waals surface area contributed by atoms with Crippen molar-refractivity contribution in [3.05, 3.63) is 65.7 Å². The molecule has 0 unspecified atom stereocenters. The Labute approximate surface area is 145 Å². The number of hydrogen-bond donors (Lipinski definition) is 0. The van der Waals surface area contributed by atoms with Gasteiger partial charge in [0.25, 0.3) is 0 Å². The van der Waals surface area contributed by atoms with E-state index in [9.17, 15) is 4.79 Å². The summed E-state index contributed by atoms with van der Waals surface area (Å²) in [7, 11) is 0. The van der Waals surface area contributed by atoms with Crippen molar-refractivity contribution in [1.82, 2.24) is 4.90 Å². The third kappa shape index (κ3) is 5.82. The van der Waals surface area contributed by atoms with Gasteiger partial charge in [0.1, 0.15) is 5.75 Å². The molecule has 0 radical (unpaired) electrons. The molecule has 0 aromatic heterocycles. The molecule has 128 valence electrons. The molecule has 3 nitrogen and oxygen atoms in total.